The molecule has 3 nitrogen and oxygen atoms in total. The van der Waals surface area contributed by atoms with Crippen molar-refractivity contribution in [2.45, 2.75) is 20.8 Å². The summed E-state index contributed by atoms with van der Waals surface area (Å²) in [5.41, 5.74) is 14.8. The van der Waals surface area contributed by atoms with Crippen molar-refractivity contribution in [2.75, 3.05) is 0 Å². The van der Waals surface area contributed by atoms with E-state index < -0.39 is 0 Å². The topological polar surface area (TPSA) is 43.8 Å². The van der Waals surface area contributed by atoms with Gasteiger partial charge in [0.2, 0.25) is 0 Å². The van der Waals surface area contributed by atoms with Crippen LogP contribution in [0, 0.1) is 6.92 Å². The number of rotatable bonds is 5. The van der Waals surface area contributed by atoms with Gasteiger partial charge in [0, 0.05) is 46.0 Å². The number of para-hydroxylation sites is 1. The summed E-state index contributed by atoms with van der Waals surface area (Å²) in [4.78, 5) is 4.01. The van der Waals surface area contributed by atoms with Crippen LogP contribution in [0.1, 0.15) is 30.5 Å². The third kappa shape index (κ3) is 5.48. The van der Waals surface area contributed by atoms with Crippen LogP contribution in [-0.2, 0) is 0 Å². The summed E-state index contributed by atoms with van der Waals surface area (Å²) >= 11 is 0. The van der Waals surface area contributed by atoms with Crippen LogP contribution in [0.4, 0.5) is 0 Å². The van der Waals surface area contributed by atoms with E-state index in [1.54, 1.807) is 18.6 Å². The molecule has 0 radical (unpaired) electrons. The Labute approximate surface area is 242 Å². The molecule has 0 aliphatic heterocycles. The lowest BCUT2D eigenvalue weighted by molar-refractivity contribution is 1.18. The van der Waals surface area contributed by atoms with Gasteiger partial charge in [0.1, 0.15) is 0 Å². The van der Waals surface area contributed by atoms with Gasteiger partial charge in [-0.3, -0.25) is 4.98 Å². The fraction of sp³-hybridized carbons (Fsp3) is 0.0789. The molecule has 41 heavy (non-hydrogen) atoms. The number of aryl methyl sites for hydroxylation is 1. The second kappa shape index (κ2) is 12.4. The minimum Gasteiger partial charge on any atom is -0.404 e. The van der Waals surface area contributed by atoms with Gasteiger partial charge in [-0.05, 0) is 78.8 Å². The van der Waals surface area contributed by atoms with E-state index in [0.717, 1.165) is 16.7 Å². The molecule has 0 aliphatic rings. The summed E-state index contributed by atoms with van der Waals surface area (Å²) in [6.45, 7) is 10.1. The summed E-state index contributed by atoms with van der Waals surface area (Å²) in [7, 11) is 0. The van der Waals surface area contributed by atoms with Gasteiger partial charge in [0.15, 0.2) is 0 Å². The molecule has 0 amide bonds. The molecule has 4 aromatic carbocycles. The SMILES string of the molecule is C/C=C\C(=C/N)c1cccnc1.C=C/C(=C\C)c1ccc2c(ccc3c4ccc(C)cc4n(-c4ccccc4)c23)c1. The maximum atomic E-state index is 5.45. The third-order valence-electron chi connectivity index (χ3n) is 7.30. The van der Waals surface area contributed by atoms with Crippen LogP contribution in [0.3, 0.4) is 0 Å². The van der Waals surface area contributed by atoms with E-state index in [9.17, 15) is 0 Å². The van der Waals surface area contributed by atoms with Crippen molar-refractivity contribution >= 4 is 43.7 Å². The van der Waals surface area contributed by atoms with Crippen molar-refractivity contribution < 1.29 is 0 Å². The average molecular weight is 534 g/mol. The lowest BCUT2D eigenvalue weighted by atomic mass is 9.99. The Bertz CT molecular complexity index is 1920. The van der Waals surface area contributed by atoms with Crippen LogP contribution in [-0.4, -0.2) is 9.55 Å². The standard InChI is InChI=1S/C28H23N.C10H12N2/c1-4-20(5-2)21-12-15-24-22(18-21)13-16-26-25-14-11-19(3)17-27(25)29(28(24)26)23-9-7-6-8-10-23;1-2-4-9(7-11)10-5-3-6-12-8-10/h4-18H,1H2,2-3H3;2-8H,11H2,1H3/b20-5+;4-2-,9-7+. The predicted octanol–water partition coefficient (Wildman–Crippen LogP) is 9.79. The lowest BCUT2D eigenvalue weighted by Crippen LogP contribution is -1.94. The van der Waals surface area contributed by atoms with E-state index in [1.165, 1.54) is 49.4 Å². The number of benzene rings is 4. The number of nitrogens with zero attached hydrogens (tertiary/aromatic N) is 2. The predicted molar refractivity (Wildman–Crippen MR) is 178 cm³/mol. The Hall–Kier alpha value is -5.15. The molecule has 0 aliphatic carbocycles. The van der Waals surface area contributed by atoms with E-state index >= 15 is 0 Å². The van der Waals surface area contributed by atoms with Crippen molar-refractivity contribution in [1.29, 1.82) is 0 Å². The van der Waals surface area contributed by atoms with E-state index in [0.29, 0.717) is 0 Å². The van der Waals surface area contributed by atoms with Gasteiger partial charge >= 0.3 is 0 Å². The summed E-state index contributed by atoms with van der Waals surface area (Å²) in [5.74, 6) is 0. The number of hydrogen-bond acceptors (Lipinski definition) is 2. The van der Waals surface area contributed by atoms with E-state index in [4.69, 9.17) is 5.73 Å². The Morgan fingerprint density at radius 1 is 0.805 bits per heavy atom. The van der Waals surface area contributed by atoms with Crippen LogP contribution in [0.2, 0.25) is 0 Å². The van der Waals surface area contributed by atoms with E-state index in [-0.39, 0.29) is 0 Å². The molecule has 6 rings (SSSR count). The van der Waals surface area contributed by atoms with Crippen LogP contribution in [0.25, 0.3) is 49.4 Å². The van der Waals surface area contributed by atoms with E-state index in [1.807, 2.05) is 37.3 Å². The number of aromatic nitrogens is 2. The fourth-order valence-electron chi connectivity index (χ4n) is 5.33. The highest BCUT2D eigenvalue weighted by atomic mass is 15.0. The number of nitrogens with two attached hydrogens (primary N) is 1. The van der Waals surface area contributed by atoms with Crippen molar-refractivity contribution in [3.63, 3.8) is 0 Å². The normalized spacial score (nSPS) is 12.2. The summed E-state index contributed by atoms with van der Waals surface area (Å²) in [5, 5.41) is 5.09. The molecule has 2 heterocycles. The summed E-state index contributed by atoms with van der Waals surface area (Å²) in [6, 6.07) is 32.5. The lowest BCUT2D eigenvalue weighted by Gasteiger charge is -2.11. The zero-order valence-electron chi connectivity index (χ0n) is 23.9. The highest BCUT2D eigenvalue weighted by Gasteiger charge is 2.15. The number of allylic oxidation sites excluding steroid dienone is 6. The van der Waals surface area contributed by atoms with Gasteiger partial charge in [-0.15, -0.1) is 0 Å². The first-order valence-electron chi connectivity index (χ1n) is 13.9. The van der Waals surface area contributed by atoms with Crippen molar-refractivity contribution in [3.05, 3.63) is 157 Å². The van der Waals surface area contributed by atoms with Crippen molar-refractivity contribution in [3.8, 4) is 5.69 Å². The maximum Gasteiger partial charge on any atom is 0.0619 e. The number of hydrogen-bond donors (Lipinski definition) is 1. The average Bonchev–Trinajstić information content (AvgIpc) is 3.35. The molecule has 3 heteroatoms. The molecule has 2 aromatic heterocycles. The Morgan fingerprint density at radius 2 is 1.59 bits per heavy atom. The second-order valence-electron chi connectivity index (χ2n) is 9.90. The molecule has 6 aromatic rings. The minimum atomic E-state index is 0.991. The molecule has 0 bridgehead atoms. The van der Waals surface area contributed by atoms with Gasteiger partial charge in [0.25, 0.3) is 0 Å². The maximum absolute atomic E-state index is 5.45. The summed E-state index contributed by atoms with van der Waals surface area (Å²) in [6.07, 6.45) is 13.0. The molecule has 0 saturated heterocycles. The minimum absolute atomic E-state index is 0.991. The zero-order chi connectivity index (χ0) is 28.8. The molecule has 202 valence electrons. The first-order valence-corrected chi connectivity index (χ1v) is 13.9. The van der Waals surface area contributed by atoms with Crippen LogP contribution in [0.15, 0.2) is 140 Å². The molecular weight excluding hydrogens is 498 g/mol. The van der Waals surface area contributed by atoms with Gasteiger partial charge in [-0.1, -0.05) is 91.5 Å². The molecule has 2 N–H and O–H groups in total. The van der Waals surface area contributed by atoms with Crippen molar-refractivity contribution in [1.82, 2.24) is 9.55 Å². The van der Waals surface area contributed by atoms with Gasteiger partial charge in [-0.25, -0.2) is 0 Å². The largest absolute Gasteiger partial charge is 0.404 e. The zero-order valence-corrected chi connectivity index (χ0v) is 23.9. The Balaban J connectivity index is 0.000000237. The van der Waals surface area contributed by atoms with Gasteiger partial charge in [0.05, 0.1) is 11.0 Å². The fourth-order valence-corrected chi connectivity index (χ4v) is 5.33. The Kier molecular flexibility index (Phi) is 8.26. The third-order valence-corrected chi connectivity index (χ3v) is 7.30. The number of fused-ring (bicyclic) bond motifs is 5. The molecule has 0 unspecified atom stereocenters. The van der Waals surface area contributed by atoms with Gasteiger partial charge < -0.3 is 10.3 Å². The van der Waals surface area contributed by atoms with Crippen LogP contribution < -0.4 is 5.73 Å². The van der Waals surface area contributed by atoms with Crippen molar-refractivity contribution in [2.24, 2.45) is 5.73 Å². The molecule has 0 fully saturated rings. The van der Waals surface area contributed by atoms with Crippen LogP contribution >= 0.6 is 0 Å². The Morgan fingerprint density at radius 3 is 2.27 bits per heavy atom. The van der Waals surface area contributed by atoms with Gasteiger partial charge in [-0.2, -0.15) is 0 Å². The quantitative estimate of drug-likeness (QED) is 0.224. The first-order chi connectivity index (χ1) is 20.1. The number of pyridine rings is 1. The molecule has 0 spiro atoms. The first kappa shape index (κ1) is 27.4. The molecule has 0 atom stereocenters. The van der Waals surface area contributed by atoms with E-state index in [2.05, 4.69) is 115 Å². The monoisotopic (exact) mass is 533 g/mol. The molecule has 0 saturated carbocycles. The summed E-state index contributed by atoms with van der Waals surface area (Å²) < 4.78 is 2.41. The highest BCUT2D eigenvalue weighted by molar-refractivity contribution is 6.19. The smallest absolute Gasteiger partial charge is 0.0619 e. The molecular formula is C38H35N3. The van der Waals surface area contributed by atoms with Crippen LogP contribution in [0.5, 0.6) is 0 Å². The highest BCUT2D eigenvalue weighted by Crippen LogP contribution is 2.37. The second-order valence-corrected chi connectivity index (χ2v) is 9.90.